The maximum Gasteiger partial charge on any atom is 0.410 e. The lowest BCUT2D eigenvalue weighted by Crippen LogP contribution is -2.36. The molecule has 1 aromatic rings. The van der Waals surface area contributed by atoms with Crippen LogP contribution in [0.3, 0.4) is 0 Å². The van der Waals surface area contributed by atoms with Gasteiger partial charge in [-0.2, -0.15) is 0 Å². The van der Waals surface area contributed by atoms with Gasteiger partial charge in [0.1, 0.15) is 11.4 Å². The standard InChI is InChI=1S/C18H24N2O3/c1-18(2,3)23-17(21)20-11-13-9-19(10-14(13)12-20)15-6-5-7-16(8-15)22-4/h5-9,14H,10-12H2,1-4H3. The number of methoxy groups -OCH3 is 1. The zero-order valence-electron chi connectivity index (χ0n) is 14.2. The number of benzene rings is 1. The summed E-state index contributed by atoms with van der Waals surface area (Å²) in [6.07, 6.45) is 1.94. The molecule has 2 heterocycles. The van der Waals surface area contributed by atoms with Crippen LogP contribution in [-0.2, 0) is 4.74 Å². The van der Waals surface area contributed by atoms with E-state index in [1.807, 2.05) is 39.0 Å². The molecule has 1 atom stereocenters. The van der Waals surface area contributed by atoms with Crippen LogP contribution in [0.2, 0.25) is 0 Å². The molecule has 0 aromatic heterocycles. The first-order chi connectivity index (χ1) is 10.9. The number of carbonyl (C=O) groups excluding carboxylic acids is 1. The zero-order chi connectivity index (χ0) is 16.6. The first kappa shape index (κ1) is 15.7. The highest BCUT2D eigenvalue weighted by atomic mass is 16.6. The van der Waals surface area contributed by atoms with E-state index in [0.29, 0.717) is 12.5 Å². The van der Waals surface area contributed by atoms with Crippen LogP contribution in [0.5, 0.6) is 5.75 Å². The molecule has 1 aromatic carbocycles. The van der Waals surface area contributed by atoms with Crippen molar-refractivity contribution in [1.82, 2.24) is 4.90 Å². The summed E-state index contributed by atoms with van der Waals surface area (Å²) in [6, 6.07) is 8.04. The quantitative estimate of drug-likeness (QED) is 0.840. The molecule has 0 aliphatic carbocycles. The molecule has 3 rings (SSSR count). The summed E-state index contributed by atoms with van der Waals surface area (Å²) in [4.78, 5) is 16.2. The summed E-state index contributed by atoms with van der Waals surface area (Å²) in [7, 11) is 1.68. The van der Waals surface area contributed by atoms with Crippen molar-refractivity contribution in [2.24, 2.45) is 5.92 Å². The number of hydrogen-bond acceptors (Lipinski definition) is 4. The van der Waals surface area contributed by atoms with Crippen LogP contribution < -0.4 is 9.64 Å². The molecule has 23 heavy (non-hydrogen) atoms. The molecule has 0 bridgehead atoms. The number of nitrogens with zero attached hydrogens (tertiary/aromatic N) is 2. The minimum Gasteiger partial charge on any atom is -0.497 e. The van der Waals surface area contributed by atoms with E-state index in [9.17, 15) is 4.79 Å². The predicted octanol–water partition coefficient (Wildman–Crippen LogP) is 3.27. The molecule has 1 amide bonds. The second-order valence-corrected chi connectivity index (χ2v) is 7.12. The van der Waals surface area contributed by atoms with Crippen LogP contribution in [0.25, 0.3) is 0 Å². The normalized spacial score (nSPS) is 20.3. The molecule has 2 aliphatic rings. The Labute approximate surface area is 137 Å². The van der Waals surface area contributed by atoms with Crippen molar-refractivity contribution in [3.05, 3.63) is 36.0 Å². The molecule has 1 unspecified atom stereocenters. The second-order valence-electron chi connectivity index (χ2n) is 7.12. The smallest absolute Gasteiger partial charge is 0.410 e. The van der Waals surface area contributed by atoms with Gasteiger partial charge in [-0.3, -0.25) is 0 Å². The summed E-state index contributed by atoms with van der Waals surface area (Å²) < 4.78 is 10.7. The summed E-state index contributed by atoms with van der Waals surface area (Å²) in [5, 5.41) is 0. The van der Waals surface area contributed by atoms with Gasteiger partial charge in [0.25, 0.3) is 0 Å². The lowest BCUT2D eigenvalue weighted by Gasteiger charge is -2.25. The number of carbonyl (C=O) groups is 1. The zero-order valence-corrected chi connectivity index (χ0v) is 14.2. The Bertz CT molecular complexity index is 633. The molecule has 0 N–H and O–H groups in total. The number of rotatable bonds is 2. The van der Waals surface area contributed by atoms with Crippen LogP contribution in [0.1, 0.15) is 20.8 Å². The van der Waals surface area contributed by atoms with E-state index in [1.54, 1.807) is 12.0 Å². The monoisotopic (exact) mass is 316 g/mol. The minimum atomic E-state index is -0.449. The summed E-state index contributed by atoms with van der Waals surface area (Å²) in [6.45, 7) is 7.95. The molecule has 5 heteroatoms. The lowest BCUT2D eigenvalue weighted by molar-refractivity contribution is 0.0291. The average Bonchev–Trinajstić information content (AvgIpc) is 3.04. The lowest BCUT2D eigenvalue weighted by atomic mass is 10.1. The number of ether oxygens (including phenoxy) is 2. The summed E-state index contributed by atoms with van der Waals surface area (Å²) >= 11 is 0. The number of fused-ring (bicyclic) bond motifs is 1. The van der Waals surface area contributed by atoms with Crippen molar-refractivity contribution < 1.29 is 14.3 Å². The maximum absolute atomic E-state index is 12.2. The molecule has 0 radical (unpaired) electrons. The van der Waals surface area contributed by atoms with Gasteiger partial charge in [0.15, 0.2) is 0 Å². The Morgan fingerprint density at radius 3 is 2.70 bits per heavy atom. The number of anilines is 1. The fraction of sp³-hybridized carbons (Fsp3) is 0.500. The molecule has 2 aliphatic heterocycles. The van der Waals surface area contributed by atoms with Crippen LogP contribution in [0, 0.1) is 5.92 Å². The van der Waals surface area contributed by atoms with Gasteiger partial charge in [0, 0.05) is 43.5 Å². The van der Waals surface area contributed by atoms with E-state index in [0.717, 1.165) is 24.5 Å². The first-order valence-electron chi connectivity index (χ1n) is 7.95. The van der Waals surface area contributed by atoms with Crippen molar-refractivity contribution in [1.29, 1.82) is 0 Å². The van der Waals surface area contributed by atoms with Crippen LogP contribution in [0.4, 0.5) is 10.5 Å². The maximum atomic E-state index is 12.2. The first-order valence-corrected chi connectivity index (χ1v) is 7.95. The molecule has 0 saturated carbocycles. The van der Waals surface area contributed by atoms with Crippen molar-refractivity contribution in [3.63, 3.8) is 0 Å². The molecular weight excluding hydrogens is 292 g/mol. The summed E-state index contributed by atoms with van der Waals surface area (Å²) in [5.74, 6) is 1.24. The topological polar surface area (TPSA) is 42.0 Å². The van der Waals surface area contributed by atoms with Gasteiger partial charge < -0.3 is 19.3 Å². The number of hydrogen-bond donors (Lipinski definition) is 0. The van der Waals surface area contributed by atoms with E-state index in [4.69, 9.17) is 9.47 Å². The van der Waals surface area contributed by atoms with Gasteiger partial charge in [-0.15, -0.1) is 0 Å². The van der Waals surface area contributed by atoms with Gasteiger partial charge in [-0.25, -0.2) is 4.79 Å². The fourth-order valence-corrected chi connectivity index (χ4v) is 3.04. The van der Waals surface area contributed by atoms with Gasteiger partial charge in [0.05, 0.1) is 7.11 Å². The number of likely N-dealkylation sites (tertiary alicyclic amines) is 1. The SMILES string of the molecule is COc1cccc(N2C=C3CN(C(=O)OC(C)(C)C)CC3C2)c1. The van der Waals surface area contributed by atoms with E-state index in [-0.39, 0.29) is 6.09 Å². The number of amides is 1. The van der Waals surface area contributed by atoms with Gasteiger partial charge in [-0.05, 0) is 38.5 Å². The van der Waals surface area contributed by atoms with Gasteiger partial charge in [-0.1, -0.05) is 6.07 Å². The third kappa shape index (κ3) is 3.44. The van der Waals surface area contributed by atoms with Crippen LogP contribution in [-0.4, -0.2) is 43.3 Å². The van der Waals surface area contributed by atoms with Gasteiger partial charge >= 0.3 is 6.09 Å². The molecule has 5 nitrogen and oxygen atoms in total. The Hall–Kier alpha value is -2.17. The Balaban J connectivity index is 1.67. The van der Waals surface area contributed by atoms with Crippen LogP contribution >= 0.6 is 0 Å². The molecule has 1 fully saturated rings. The average molecular weight is 316 g/mol. The molecule has 0 spiro atoms. The highest BCUT2D eigenvalue weighted by Gasteiger charge is 2.37. The van der Waals surface area contributed by atoms with Crippen molar-refractivity contribution >= 4 is 11.8 Å². The Morgan fingerprint density at radius 1 is 1.26 bits per heavy atom. The Kier molecular flexibility index (Phi) is 3.96. The van der Waals surface area contributed by atoms with Crippen molar-refractivity contribution in [3.8, 4) is 5.75 Å². The van der Waals surface area contributed by atoms with Gasteiger partial charge in [0.2, 0.25) is 0 Å². The molecule has 124 valence electrons. The highest BCUT2D eigenvalue weighted by molar-refractivity contribution is 5.70. The molecular formula is C18H24N2O3. The largest absolute Gasteiger partial charge is 0.497 e. The Morgan fingerprint density at radius 2 is 2.04 bits per heavy atom. The minimum absolute atomic E-state index is 0.222. The van der Waals surface area contributed by atoms with E-state index < -0.39 is 5.60 Å². The van der Waals surface area contributed by atoms with Crippen LogP contribution in [0.15, 0.2) is 36.0 Å². The fourth-order valence-electron chi connectivity index (χ4n) is 3.04. The van der Waals surface area contributed by atoms with E-state index in [2.05, 4.69) is 17.2 Å². The van der Waals surface area contributed by atoms with Crippen molar-refractivity contribution in [2.75, 3.05) is 31.6 Å². The third-order valence-electron chi connectivity index (χ3n) is 4.11. The predicted molar refractivity (Wildman–Crippen MR) is 89.7 cm³/mol. The summed E-state index contributed by atoms with van der Waals surface area (Å²) in [5.41, 5.74) is 1.96. The van der Waals surface area contributed by atoms with Crippen molar-refractivity contribution in [2.45, 2.75) is 26.4 Å². The molecule has 1 saturated heterocycles. The van der Waals surface area contributed by atoms with E-state index >= 15 is 0 Å². The second kappa shape index (κ2) is 5.80. The van der Waals surface area contributed by atoms with E-state index in [1.165, 1.54) is 5.57 Å². The third-order valence-corrected chi connectivity index (χ3v) is 4.11. The highest BCUT2D eigenvalue weighted by Crippen LogP contribution is 2.34.